The van der Waals surface area contributed by atoms with E-state index in [4.69, 9.17) is 14.2 Å². The molecular formula is C13H19BO5. The van der Waals surface area contributed by atoms with Gasteiger partial charge in [0.2, 0.25) is 0 Å². The van der Waals surface area contributed by atoms with Crippen molar-refractivity contribution in [3.05, 3.63) is 23.8 Å². The van der Waals surface area contributed by atoms with Crippen LogP contribution in [0.25, 0.3) is 0 Å². The van der Waals surface area contributed by atoms with Crippen molar-refractivity contribution >= 4 is 12.6 Å². The summed E-state index contributed by atoms with van der Waals surface area (Å²) in [5.74, 6) is 0.667. The molecule has 2 N–H and O–H groups in total. The summed E-state index contributed by atoms with van der Waals surface area (Å²) in [4.78, 5) is 0. The van der Waals surface area contributed by atoms with Crippen LogP contribution in [0.4, 0.5) is 0 Å². The van der Waals surface area contributed by atoms with Crippen molar-refractivity contribution in [3.8, 4) is 5.75 Å². The first kappa shape index (κ1) is 14.3. The molecule has 1 atom stereocenters. The second-order valence-electron chi connectivity index (χ2n) is 4.59. The molecule has 1 aromatic rings. The fourth-order valence-electron chi connectivity index (χ4n) is 2.16. The molecule has 1 unspecified atom stereocenters. The van der Waals surface area contributed by atoms with Crippen LogP contribution in [-0.4, -0.2) is 43.6 Å². The molecule has 1 saturated heterocycles. The molecule has 6 heteroatoms. The number of benzene rings is 1. The van der Waals surface area contributed by atoms with E-state index in [0.717, 1.165) is 19.4 Å². The number of hydrogen-bond acceptors (Lipinski definition) is 5. The Morgan fingerprint density at radius 1 is 1.42 bits per heavy atom. The zero-order valence-electron chi connectivity index (χ0n) is 11.0. The van der Waals surface area contributed by atoms with E-state index in [1.165, 1.54) is 0 Å². The second-order valence-corrected chi connectivity index (χ2v) is 4.59. The Morgan fingerprint density at radius 2 is 2.26 bits per heavy atom. The monoisotopic (exact) mass is 266 g/mol. The van der Waals surface area contributed by atoms with E-state index in [-0.39, 0.29) is 6.10 Å². The van der Waals surface area contributed by atoms with E-state index < -0.39 is 7.12 Å². The standard InChI is InChI=1S/C13H19BO5/c1-17-11-4-5-13(14(15)16)10(7-11)8-18-9-12-3-2-6-19-12/h4-5,7,12,15-16H,2-3,6,8-9H2,1H3. The van der Waals surface area contributed by atoms with Gasteiger partial charge in [-0.25, -0.2) is 0 Å². The van der Waals surface area contributed by atoms with Gasteiger partial charge in [0.25, 0.3) is 0 Å². The van der Waals surface area contributed by atoms with E-state index in [1.807, 2.05) is 0 Å². The van der Waals surface area contributed by atoms with Crippen LogP contribution in [0.1, 0.15) is 18.4 Å². The van der Waals surface area contributed by atoms with E-state index in [9.17, 15) is 10.0 Å². The van der Waals surface area contributed by atoms with Crippen LogP contribution in [0.3, 0.4) is 0 Å². The summed E-state index contributed by atoms with van der Waals surface area (Å²) in [6.45, 7) is 1.63. The summed E-state index contributed by atoms with van der Waals surface area (Å²) < 4.78 is 16.2. The third-order valence-electron chi connectivity index (χ3n) is 3.21. The average Bonchev–Trinajstić information content (AvgIpc) is 2.91. The number of ether oxygens (including phenoxy) is 3. The minimum atomic E-state index is -1.51. The van der Waals surface area contributed by atoms with Crippen molar-refractivity contribution in [2.24, 2.45) is 0 Å². The van der Waals surface area contributed by atoms with Crippen molar-refractivity contribution in [1.29, 1.82) is 0 Å². The highest BCUT2D eigenvalue weighted by Crippen LogP contribution is 2.15. The second kappa shape index (κ2) is 6.91. The highest BCUT2D eigenvalue weighted by molar-refractivity contribution is 6.59. The normalized spacial score (nSPS) is 18.6. The van der Waals surface area contributed by atoms with Gasteiger partial charge in [-0.2, -0.15) is 0 Å². The quantitative estimate of drug-likeness (QED) is 0.713. The summed E-state index contributed by atoms with van der Waals surface area (Å²) in [5.41, 5.74) is 1.15. The van der Waals surface area contributed by atoms with Crippen LogP contribution >= 0.6 is 0 Å². The van der Waals surface area contributed by atoms with Crippen LogP contribution in [0, 0.1) is 0 Å². The lowest BCUT2D eigenvalue weighted by Gasteiger charge is -2.13. The lowest BCUT2D eigenvalue weighted by atomic mass is 9.77. The van der Waals surface area contributed by atoms with E-state index in [0.29, 0.717) is 30.0 Å². The van der Waals surface area contributed by atoms with Gasteiger partial charge < -0.3 is 24.3 Å². The molecule has 5 nitrogen and oxygen atoms in total. The van der Waals surface area contributed by atoms with Crippen molar-refractivity contribution in [2.45, 2.75) is 25.6 Å². The molecule has 0 saturated carbocycles. The molecule has 2 rings (SSSR count). The first-order valence-electron chi connectivity index (χ1n) is 6.43. The maximum Gasteiger partial charge on any atom is 0.488 e. The van der Waals surface area contributed by atoms with Gasteiger partial charge in [-0.1, -0.05) is 6.07 Å². The largest absolute Gasteiger partial charge is 0.497 e. The van der Waals surface area contributed by atoms with Crippen molar-refractivity contribution in [1.82, 2.24) is 0 Å². The van der Waals surface area contributed by atoms with Crippen LogP contribution < -0.4 is 10.2 Å². The van der Waals surface area contributed by atoms with Gasteiger partial charge in [0, 0.05) is 6.61 Å². The third-order valence-corrected chi connectivity index (χ3v) is 3.21. The Hall–Kier alpha value is -1.08. The average molecular weight is 266 g/mol. The van der Waals surface area contributed by atoms with Crippen molar-refractivity contribution in [2.75, 3.05) is 20.3 Å². The minimum Gasteiger partial charge on any atom is -0.497 e. The van der Waals surface area contributed by atoms with Crippen LogP contribution in [0.15, 0.2) is 18.2 Å². The maximum atomic E-state index is 9.31. The molecule has 0 bridgehead atoms. The first-order valence-corrected chi connectivity index (χ1v) is 6.43. The van der Waals surface area contributed by atoms with Gasteiger partial charge in [0.05, 0.1) is 26.4 Å². The van der Waals surface area contributed by atoms with Gasteiger partial charge in [0.15, 0.2) is 0 Å². The zero-order chi connectivity index (χ0) is 13.7. The Balaban J connectivity index is 1.96. The van der Waals surface area contributed by atoms with E-state index in [2.05, 4.69) is 0 Å². The molecule has 0 spiro atoms. The number of methoxy groups -OCH3 is 1. The Morgan fingerprint density at radius 3 is 2.89 bits per heavy atom. The van der Waals surface area contributed by atoms with Gasteiger partial charge in [0.1, 0.15) is 5.75 Å². The maximum absolute atomic E-state index is 9.31. The third kappa shape index (κ3) is 3.94. The molecule has 1 aromatic carbocycles. The van der Waals surface area contributed by atoms with Gasteiger partial charge in [-0.3, -0.25) is 0 Å². The molecule has 0 aliphatic carbocycles. The molecule has 0 aromatic heterocycles. The first-order chi connectivity index (χ1) is 9.20. The molecule has 19 heavy (non-hydrogen) atoms. The molecule has 1 aliphatic rings. The predicted molar refractivity (Wildman–Crippen MR) is 71.4 cm³/mol. The van der Waals surface area contributed by atoms with Crippen LogP contribution in [0.5, 0.6) is 5.75 Å². The molecule has 1 heterocycles. The topological polar surface area (TPSA) is 68.2 Å². The molecule has 0 amide bonds. The molecule has 104 valence electrons. The molecule has 0 radical (unpaired) electrons. The minimum absolute atomic E-state index is 0.160. The Labute approximate surface area is 113 Å². The predicted octanol–water partition coefficient (Wildman–Crippen LogP) is 0.0706. The highest BCUT2D eigenvalue weighted by atomic mass is 16.5. The molecular weight excluding hydrogens is 247 g/mol. The van der Waals surface area contributed by atoms with Gasteiger partial charge in [-0.05, 0) is 36.0 Å². The fourth-order valence-corrected chi connectivity index (χ4v) is 2.16. The zero-order valence-corrected chi connectivity index (χ0v) is 11.0. The summed E-state index contributed by atoms with van der Waals surface area (Å²) in [5, 5.41) is 18.6. The lowest BCUT2D eigenvalue weighted by Crippen LogP contribution is -2.33. The highest BCUT2D eigenvalue weighted by Gasteiger charge is 2.18. The molecule has 1 fully saturated rings. The smallest absolute Gasteiger partial charge is 0.488 e. The summed E-state index contributed by atoms with van der Waals surface area (Å²) in [6, 6.07) is 5.08. The number of hydrogen-bond donors (Lipinski definition) is 2. The molecule has 1 aliphatic heterocycles. The Bertz CT molecular complexity index is 404. The summed E-state index contributed by atoms with van der Waals surface area (Å²) in [7, 11) is 0.0636. The Kier molecular flexibility index (Phi) is 5.21. The number of rotatable bonds is 6. The SMILES string of the molecule is COc1ccc(B(O)O)c(COCC2CCCO2)c1. The summed E-state index contributed by atoms with van der Waals surface area (Å²) in [6.07, 6.45) is 2.26. The lowest BCUT2D eigenvalue weighted by molar-refractivity contribution is 0.0107. The van der Waals surface area contributed by atoms with Gasteiger partial charge >= 0.3 is 7.12 Å². The van der Waals surface area contributed by atoms with Crippen molar-refractivity contribution in [3.63, 3.8) is 0 Å². The fraction of sp³-hybridized carbons (Fsp3) is 0.538. The van der Waals surface area contributed by atoms with Crippen LogP contribution in [0.2, 0.25) is 0 Å². The van der Waals surface area contributed by atoms with Crippen LogP contribution in [-0.2, 0) is 16.1 Å². The summed E-state index contributed by atoms with van der Waals surface area (Å²) >= 11 is 0. The van der Waals surface area contributed by atoms with Crippen molar-refractivity contribution < 1.29 is 24.3 Å². The van der Waals surface area contributed by atoms with E-state index >= 15 is 0 Å². The van der Waals surface area contributed by atoms with E-state index in [1.54, 1.807) is 25.3 Å². The van der Waals surface area contributed by atoms with Gasteiger partial charge in [-0.15, -0.1) is 0 Å².